The van der Waals surface area contributed by atoms with E-state index >= 15 is 0 Å². The lowest BCUT2D eigenvalue weighted by Crippen LogP contribution is -2.13. The van der Waals surface area contributed by atoms with E-state index in [1.54, 1.807) is 12.1 Å². The van der Waals surface area contributed by atoms with E-state index in [1.165, 1.54) is 13.3 Å². The Bertz CT molecular complexity index is 1360. The van der Waals surface area contributed by atoms with Crippen LogP contribution in [-0.4, -0.2) is 26.7 Å². The Hall–Kier alpha value is -4.07. The number of methoxy groups -OCH3 is 1. The van der Waals surface area contributed by atoms with Gasteiger partial charge in [0.1, 0.15) is 0 Å². The number of aromatic nitrogens is 4. The fraction of sp³-hybridized carbons (Fsp3) is 0.136. The van der Waals surface area contributed by atoms with Crippen LogP contribution in [-0.2, 0) is 12.4 Å². The van der Waals surface area contributed by atoms with E-state index in [0.717, 1.165) is 36.5 Å². The molecule has 0 aliphatic carbocycles. The zero-order chi connectivity index (χ0) is 23.8. The molecule has 11 heteroatoms. The van der Waals surface area contributed by atoms with Gasteiger partial charge in [0.05, 0.1) is 30.1 Å². The van der Waals surface area contributed by atoms with Crippen molar-refractivity contribution in [2.45, 2.75) is 12.4 Å². The third kappa shape index (κ3) is 4.59. The Morgan fingerprint density at radius 2 is 1.61 bits per heavy atom. The van der Waals surface area contributed by atoms with E-state index in [1.807, 2.05) is 0 Å². The maximum absolute atomic E-state index is 13.7. The molecule has 0 fully saturated rings. The average molecular weight is 462 g/mol. The molecule has 0 atom stereocenters. The minimum atomic E-state index is -4.79. The van der Waals surface area contributed by atoms with Gasteiger partial charge in [0.15, 0.2) is 11.3 Å². The fourth-order valence-electron chi connectivity index (χ4n) is 2.95. The maximum Gasteiger partial charge on any atom is 0.433 e. The second kappa shape index (κ2) is 8.12. The van der Waals surface area contributed by atoms with E-state index in [2.05, 4.69) is 26.9 Å². The van der Waals surface area contributed by atoms with Crippen molar-refractivity contribution in [1.82, 2.24) is 19.6 Å². The molecule has 0 radical (unpaired) electrons. The molecule has 3 aromatic heterocycles. The largest absolute Gasteiger partial charge is 0.481 e. The first-order valence-corrected chi connectivity index (χ1v) is 9.22. The minimum absolute atomic E-state index is 0.0791. The molecule has 0 unspecified atom stereocenters. The molecule has 0 bridgehead atoms. The lowest BCUT2D eigenvalue weighted by Gasteiger charge is -2.12. The highest BCUT2D eigenvalue weighted by molar-refractivity contribution is 5.67. The van der Waals surface area contributed by atoms with Gasteiger partial charge < -0.3 is 4.74 Å². The van der Waals surface area contributed by atoms with Gasteiger partial charge in [-0.15, -0.1) is 0 Å². The van der Waals surface area contributed by atoms with E-state index in [9.17, 15) is 26.3 Å². The number of pyridine rings is 1. The molecule has 33 heavy (non-hydrogen) atoms. The number of hydrogen-bond donors (Lipinski definition) is 0. The number of rotatable bonds is 2. The monoisotopic (exact) mass is 462 g/mol. The molecule has 1 aromatic carbocycles. The molecule has 3 heterocycles. The average Bonchev–Trinajstić information content (AvgIpc) is 3.19. The molecule has 0 spiro atoms. The normalized spacial score (nSPS) is 11.8. The highest BCUT2D eigenvalue weighted by atomic mass is 19.4. The van der Waals surface area contributed by atoms with E-state index in [4.69, 9.17) is 4.74 Å². The number of alkyl halides is 6. The Morgan fingerprint density at radius 1 is 0.879 bits per heavy atom. The van der Waals surface area contributed by atoms with Crippen molar-refractivity contribution in [3.63, 3.8) is 0 Å². The van der Waals surface area contributed by atoms with Gasteiger partial charge in [0.2, 0.25) is 5.88 Å². The highest BCUT2D eigenvalue weighted by Crippen LogP contribution is 2.34. The smallest absolute Gasteiger partial charge is 0.433 e. The molecule has 0 aliphatic rings. The number of nitrogens with zero attached hydrogens (tertiary/aromatic N) is 4. The number of fused-ring (bicyclic) bond motifs is 1. The quantitative estimate of drug-likeness (QED) is 0.302. The summed E-state index contributed by atoms with van der Waals surface area (Å²) in [7, 11) is 1.45. The van der Waals surface area contributed by atoms with Crippen molar-refractivity contribution < 1.29 is 31.1 Å². The summed E-state index contributed by atoms with van der Waals surface area (Å²) in [5, 5.41) is 3.75. The number of benzene rings is 1. The third-order valence-electron chi connectivity index (χ3n) is 4.56. The SMILES string of the molecule is COc1ccc(C#Cc2cnn3c(C(F)(F)F)cc(-c4ccc(C(F)(F)F)cc4)nc23)cn1. The minimum Gasteiger partial charge on any atom is -0.481 e. The van der Waals surface area contributed by atoms with Crippen molar-refractivity contribution in [3.8, 4) is 29.0 Å². The van der Waals surface area contributed by atoms with E-state index in [0.29, 0.717) is 16.0 Å². The summed E-state index contributed by atoms with van der Waals surface area (Å²) in [5.41, 5.74) is -1.76. The van der Waals surface area contributed by atoms with Crippen LogP contribution in [0.15, 0.2) is 54.9 Å². The Balaban J connectivity index is 1.82. The van der Waals surface area contributed by atoms with Crippen molar-refractivity contribution in [2.75, 3.05) is 7.11 Å². The van der Waals surface area contributed by atoms with Gasteiger partial charge in [-0.25, -0.2) is 14.5 Å². The molecule has 0 N–H and O–H groups in total. The first-order valence-electron chi connectivity index (χ1n) is 9.22. The summed E-state index contributed by atoms with van der Waals surface area (Å²) in [6.45, 7) is 0. The molecule has 4 aromatic rings. The standard InChI is InChI=1S/C22H12F6N4O/c1-33-19-9-3-13(11-29-19)2-4-15-12-30-32-18(22(26,27)28)10-17(31-20(15)32)14-5-7-16(8-6-14)21(23,24)25/h3,5-12H,1H3. The molecule has 5 nitrogen and oxygen atoms in total. The number of ether oxygens (including phenoxy) is 1. The molecule has 0 amide bonds. The number of hydrogen-bond acceptors (Lipinski definition) is 4. The summed E-state index contributed by atoms with van der Waals surface area (Å²) in [5.74, 6) is 5.85. The van der Waals surface area contributed by atoms with Crippen molar-refractivity contribution in [1.29, 1.82) is 0 Å². The topological polar surface area (TPSA) is 52.3 Å². The van der Waals surface area contributed by atoms with Gasteiger partial charge in [0, 0.05) is 23.4 Å². The van der Waals surface area contributed by atoms with Crippen LogP contribution in [0.1, 0.15) is 22.4 Å². The van der Waals surface area contributed by atoms with Gasteiger partial charge in [-0.2, -0.15) is 31.4 Å². The van der Waals surface area contributed by atoms with Crippen LogP contribution in [0.4, 0.5) is 26.3 Å². The Morgan fingerprint density at radius 3 is 2.18 bits per heavy atom. The van der Waals surface area contributed by atoms with Crippen LogP contribution in [0.5, 0.6) is 5.88 Å². The van der Waals surface area contributed by atoms with Gasteiger partial charge in [-0.1, -0.05) is 24.0 Å². The van der Waals surface area contributed by atoms with Gasteiger partial charge in [-0.05, 0) is 24.3 Å². The second-order valence-corrected chi connectivity index (χ2v) is 6.73. The van der Waals surface area contributed by atoms with Gasteiger partial charge in [-0.3, -0.25) is 0 Å². The van der Waals surface area contributed by atoms with Crippen LogP contribution in [0.25, 0.3) is 16.9 Å². The number of halogens is 6. The van der Waals surface area contributed by atoms with Crippen molar-refractivity contribution in [3.05, 3.63) is 77.2 Å². The van der Waals surface area contributed by atoms with E-state index < -0.39 is 23.6 Å². The molecule has 0 aliphatic heterocycles. The first kappa shape index (κ1) is 22.1. The van der Waals surface area contributed by atoms with Crippen LogP contribution >= 0.6 is 0 Å². The summed E-state index contributed by atoms with van der Waals surface area (Å²) in [6, 6.07) is 7.60. The summed E-state index contributed by atoms with van der Waals surface area (Å²) in [6.07, 6.45) is -6.80. The fourth-order valence-corrected chi connectivity index (χ4v) is 2.95. The first-order chi connectivity index (χ1) is 15.6. The summed E-state index contributed by atoms with van der Waals surface area (Å²) < 4.78 is 85.0. The zero-order valence-electron chi connectivity index (χ0n) is 16.7. The van der Waals surface area contributed by atoms with Gasteiger partial charge >= 0.3 is 12.4 Å². The van der Waals surface area contributed by atoms with Crippen LogP contribution < -0.4 is 4.74 Å². The van der Waals surface area contributed by atoms with Crippen LogP contribution in [0.3, 0.4) is 0 Å². The Labute approximate surface area is 182 Å². The maximum atomic E-state index is 13.7. The molecule has 4 rings (SSSR count). The lowest BCUT2D eigenvalue weighted by molar-refractivity contribution is -0.142. The predicted molar refractivity (Wildman–Crippen MR) is 105 cm³/mol. The van der Waals surface area contributed by atoms with Crippen LogP contribution in [0, 0.1) is 11.8 Å². The lowest BCUT2D eigenvalue weighted by atomic mass is 10.1. The Kier molecular flexibility index (Phi) is 5.45. The zero-order valence-corrected chi connectivity index (χ0v) is 16.7. The summed E-state index contributed by atoms with van der Waals surface area (Å²) in [4.78, 5) is 8.19. The van der Waals surface area contributed by atoms with Crippen molar-refractivity contribution in [2.24, 2.45) is 0 Å². The molecular weight excluding hydrogens is 450 g/mol. The molecule has 0 saturated carbocycles. The molecule has 0 saturated heterocycles. The third-order valence-corrected chi connectivity index (χ3v) is 4.56. The van der Waals surface area contributed by atoms with E-state index in [-0.39, 0.29) is 22.5 Å². The van der Waals surface area contributed by atoms with Crippen LogP contribution in [0.2, 0.25) is 0 Å². The highest BCUT2D eigenvalue weighted by Gasteiger charge is 2.36. The summed E-state index contributed by atoms with van der Waals surface area (Å²) >= 11 is 0. The predicted octanol–water partition coefficient (Wildman–Crippen LogP) is 5.24. The van der Waals surface area contributed by atoms with Crippen molar-refractivity contribution >= 4 is 5.65 Å². The molecular formula is C22H12F6N4O. The molecule has 168 valence electrons. The second-order valence-electron chi connectivity index (χ2n) is 6.73. The van der Waals surface area contributed by atoms with Gasteiger partial charge in [0.25, 0.3) is 0 Å².